The number of rotatable bonds is 1. The molecular weight excluding hydrogens is 239 g/mol. The third-order valence-electron chi connectivity index (χ3n) is 1.92. The Balaban J connectivity index is 2.53. The number of nitrogens with zero attached hydrogens (tertiary/aromatic N) is 2. The first-order valence-corrected chi connectivity index (χ1v) is 4.69. The number of hydrogen-bond donors (Lipinski definition) is 2. The van der Waals surface area contributed by atoms with Crippen LogP contribution in [0.2, 0.25) is 0 Å². The Morgan fingerprint density at radius 2 is 1.94 bits per heavy atom. The predicted molar refractivity (Wildman–Crippen MR) is 54.1 cm³/mol. The Bertz CT molecular complexity index is 493. The number of aromatic amines is 1. The molecular formula is C9H6F3N3S. The van der Waals surface area contributed by atoms with Crippen LogP contribution in [0.15, 0.2) is 29.4 Å². The molecule has 84 valence electrons. The number of hydrogen-bond acceptors (Lipinski definition) is 3. The van der Waals surface area contributed by atoms with Crippen molar-refractivity contribution in [2.24, 2.45) is 0 Å². The molecule has 0 unspecified atom stereocenters. The van der Waals surface area contributed by atoms with Crippen LogP contribution in [0.5, 0.6) is 0 Å². The topological polar surface area (TPSA) is 41.6 Å². The second-order valence-corrected chi connectivity index (χ2v) is 3.61. The van der Waals surface area contributed by atoms with Crippen molar-refractivity contribution in [1.29, 1.82) is 0 Å². The number of benzene rings is 1. The van der Waals surface area contributed by atoms with Gasteiger partial charge in [0, 0.05) is 10.5 Å². The maximum Gasteiger partial charge on any atom is 0.416 e. The van der Waals surface area contributed by atoms with Crippen molar-refractivity contribution in [1.82, 2.24) is 15.2 Å². The van der Waals surface area contributed by atoms with Crippen LogP contribution in [-0.4, -0.2) is 15.2 Å². The third kappa shape index (κ3) is 2.19. The zero-order chi connectivity index (χ0) is 11.8. The average Bonchev–Trinajstić information content (AvgIpc) is 2.68. The molecule has 0 amide bonds. The monoisotopic (exact) mass is 245 g/mol. The zero-order valence-corrected chi connectivity index (χ0v) is 8.68. The predicted octanol–water partition coefficient (Wildman–Crippen LogP) is 2.78. The van der Waals surface area contributed by atoms with Gasteiger partial charge in [0.2, 0.25) is 0 Å². The molecule has 1 N–H and O–H groups in total. The first-order chi connectivity index (χ1) is 7.47. The second kappa shape index (κ2) is 3.82. The molecule has 3 nitrogen and oxygen atoms in total. The van der Waals surface area contributed by atoms with Crippen LogP contribution in [0, 0.1) is 0 Å². The number of thiol groups is 1. The van der Waals surface area contributed by atoms with Crippen molar-refractivity contribution >= 4 is 12.6 Å². The number of alkyl halides is 3. The molecule has 7 heteroatoms. The highest BCUT2D eigenvalue weighted by Gasteiger charge is 2.31. The summed E-state index contributed by atoms with van der Waals surface area (Å²) < 4.78 is 37.5. The molecule has 16 heavy (non-hydrogen) atoms. The van der Waals surface area contributed by atoms with Gasteiger partial charge in [0.15, 0.2) is 5.82 Å². The molecule has 0 aliphatic rings. The van der Waals surface area contributed by atoms with E-state index in [1.54, 1.807) is 0 Å². The van der Waals surface area contributed by atoms with Crippen molar-refractivity contribution in [2.45, 2.75) is 11.1 Å². The summed E-state index contributed by atoms with van der Waals surface area (Å²) in [6.45, 7) is 0. The van der Waals surface area contributed by atoms with Crippen LogP contribution in [0.3, 0.4) is 0 Å². The van der Waals surface area contributed by atoms with Gasteiger partial charge in [-0.05, 0) is 18.2 Å². The summed E-state index contributed by atoms with van der Waals surface area (Å²) in [4.78, 5) is 4.00. The highest BCUT2D eigenvalue weighted by molar-refractivity contribution is 7.80. The van der Waals surface area contributed by atoms with Gasteiger partial charge in [-0.1, -0.05) is 0 Å². The first-order valence-electron chi connectivity index (χ1n) is 4.24. The Kier molecular flexibility index (Phi) is 2.63. The van der Waals surface area contributed by atoms with Crippen molar-refractivity contribution in [3.8, 4) is 11.4 Å². The standard InChI is InChI=1S/C9H6F3N3S/c10-9(11,12)6-1-5(2-7(16)3-6)8-13-4-14-15-8/h1-4,16H,(H,13,14,15). The summed E-state index contributed by atoms with van der Waals surface area (Å²) in [7, 11) is 0. The van der Waals surface area contributed by atoms with Gasteiger partial charge >= 0.3 is 6.18 Å². The van der Waals surface area contributed by atoms with Gasteiger partial charge in [0.1, 0.15) is 6.33 Å². The Morgan fingerprint density at radius 3 is 2.50 bits per heavy atom. The molecule has 0 radical (unpaired) electrons. The maximum atomic E-state index is 12.5. The minimum Gasteiger partial charge on any atom is -0.265 e. The highest BCUT2D eigenvalue weighted by Crippen LogP contribution is 2.33. The molecule has 0 saturated heterocycles. The molecule has 1 aromatic heterocycles. The molecule has 0 fully saturated rings. The number of aromatic nitrogens is 3. The lowest BCUT2D eigenvalue weighted by Gasteiger charge is -2.08. The largest absolute Gasteiger partial charge is 0.416 e. The normalized spacial score (nSPS) is 11.8. The molecule has 0 aliphatic carbocycles. The van der Waals surface area contributed by atoms with E-state index in [0.717, 1.165) is 12.1 Å². The molecule has 2 rings (SSSR count). The molecule has 0 bridgehead atoms. The summed E-state index contributed by atoms with van der Waals surface area (Å²) in [5.74, 6) is 0.210. The summed E-state index contributed by atoms with van der Waals surface area (Å²) in [5, 5.41) is 6.15. The van der Waals surface area contributed by atoms with Gasteiger partial charge < -0.3 is 0 Å². The fraction of sp³-hybridized carbons (Fsp3) is 0.111. The molecule has 0 aliphatic heterocycles. The Labute approximate surface area is 94.1 Å². The number of halogens is 3. The van der Waals surface area contributed by atoms with Gasteiger partial charge in [0.05, 0.1) is 5.56 Å². The van der Waals surface area contributed by atoms with Crippen molar-refractivity contribution in [3.63, 3.8) is 0 Å². The Morgan fingerprint density at radius 1 is 1.19 bits per heavy atom. The molecule has 2 aromatic rings. The van der Waals surface area contributed by atoms with Gasteiger partial charge in [-0.15, -0.1) is 12.6 Å². The minimum absolute atomic E-state index is 0.210. The lowest BCUT2D eigenvalue weighted by molar-refractivity contribution is -0.137. The van der Waals surface area contributed by atoms with Crippen LogP contribution in [0.1, 0.15) is 5.56 Å². The number of H-pyrrole nitrogens is 1. The highest BCUT2D eigenvalue weighted by atomic mass is 32.1. The maximum absolute atomic E-state index is 12.5. The van der Waals surface area contributed by atoms with E-state index in [-0.39, 0.29) is 16.3 Å². The smallest absolute Gasteiger partial charge is 0.265 e. The van der Waals surface area contributed by atoms with Gasteiger partial charge in [0.25, 0.3) is 0 Å². The second-order valence-electron chi connectivity index (χ2n) is 3.09. The van der Waals surface area contributed by atoms with E-state index in [0.29, 0.717) is 0 Å². The average molecular weight is 245 g/mol. The lowest BCUT2D eigenvalue weighted by Crippen LogP contribution is -2.05. The van der Waals surface area contributed by atoms with Crippen molar-refractivity contribution in [2.75, 3.05) is 0 Å². The summed E-state index contributed by atoms with van der Waals surface area (Å²) >= 11 is 3.92. The molecule has 1 heterocycles. The Hall–Kier alpha value is -1.50. The fourth-order valence-electron chi connectivity index (χ4n) is 1.25. The van der Waals surface area contributed by atoms with E-state index in [1.807, 2.05) is 0 Å². The van der Waals surface area contributed by atoms with Crippen LogP contribution >= 0.6 is 12.6 Å². The number of nitrogens with one attached hydrogen (secondary N) is 1. The van der Waals surface area contributed by atoms with Crippen LogP contribution < -0.4 is 0 Å². The first kappa shape index (κ1) is 11.0. The van der Waals surface area contributed by atoms with E-state index < -0.39 is 11.7 Å². The molecule has 0 atom stereocenters. The molecule has 1 aromatic carbocycles. The SMILES string of the molecule is FC(F)(F)c1cc(S)cc(-c2nc[nH]n2)c1. The van der Waals surface area contributed by atoms with E-state index >= 15 is 0 Å². The van der Waals surface area contributed by atoms with E-state index in [9.17, 15) is 13.2 Å². The van der Waals surface area contributed by atoms with Crippen molar-refractivity contribution < 1.29 is 13.2 Å². The summed E-state index contributed by atoms with van der Waals surface area (Å²) in [6.07, 6.45) is -3.10. The van der Waals surface area contributed by atoms with Gasteiger partial charge in [-0.2, -0.15) is 18.3 Å². The zero-order valence-electron chi connectivity index (χ0n) is 7.78. The van der Waals surface area contributed by atoms with Crippen LogP contribution in [-0.2, 0) is 6.18 Å². The molecule has 0 spiro atoms. The van der Waals surface area contributed by atoms with Gasteiger partial charge in [-0.3, -0.25) is 5.10 Å². The fourth-order valence-corrected chi connectivity index (χ4v) is 1.53. The summed E-state index contributed by atoms with van der Waals surface area (Å²) in [6, 6.07) is 3.42. The van der Waals surface area contributed by atoms with E-state index in [2.05, 4.69) is 27.8 Å². The van der Waals surface area contributed by atoms with E-state index in [4.69, 9.17) is 0 Å². The quantitative estimate of drug-likeness (QED) is 0.758. The summed E-state index contributed by atoms with van der Waals surface area (Å²) in [5.41, 5.74) is -0.485. The van der Waals surface area contributed by atoms with E-state index in [1.165, 1.54) is 12.4 Å². The van der Waals surface area contributed by atoms with Crippen LogP contribution in [0.4, 0.5) is 13.2 Å². The van der Waals surface area contributed by atoms with Crippen LogP contribution in [0.25, 0.3) is 11.4 Å². The third-order valence-corrected chi connectivity index (χ3v) is 2.18. The minimum atomic E-state index is -4.40. The van der Waals surface area contributed by atoms with Gasteiger partial charge in [-0.25, -0.2) is 4.98 Å². The molecule has 0 saturated carbocycles. The lowest BCUT2D eigenvalue weighted by atomic mass is 10.1. The van der Waals surface area contributed by atoms with Crippen molar-refractivity contribution in [3.05, 3.63) is 30.1 Å².